The Morgan fingerprint density at radius 3 is 2.63 bits per heavy atom. The van der Waals surface area contributed by atoms with Crippen molar-refractivity contribution in [1.82, 2.24) is 10.3 Å². The molecule has 4 aromatic rings. The molecule has 0 aliphatic heterocycles. The largest absolute Gasteiger partial charge is 0.440 e. The van der Waals surface area contributed by atoms with Gasteiger partial charge in [-0.3, -0.25) is 4.79 Å². The van der Waals surface area contributed by atoms with Gasteiger partial charge < -0.3 is 15.5 Å². The lowest BCUT2D eigenvalue weighted by atomic mass is 10.1. The zero-order valence-corrected chi connectivity index (χ0v) is 17.3. The second kappa shape index (κ2) is 9.61. The number of amides is 1. The number of oxazole rings is 1. The number of nitrogens with zero attached hydrogens (tertiary/aromatic N) is 1. The molecule has 3 N–H and O–H groups in total. The normalized spacial score (nSPS) is 11.0. The minimum absolute atomic E-state index is 0.0133. The van der Waals surface area contributed by atoms with Gasteiger partial charge >= 0.3 is 0 Å². The van der Waals surface area contributed by atoms with E-state index >= 15 is 0 Å². The molecule has 30 heavy (non-hydrogen) atoms. The fraction of sp³-hybridized carbons (Fsp3) is 0.167. The first-order chi connectivity index (χ1) is 14.7. The van der Waals surface area contributed by atoms with Crippen molar-refractivity contribution in [2.45, 2.75) is 18.8 Å². The predicted molar refractivity (Wildman–Crippen MR) is 122 cm³/mol. The van der Waals surface area contributed by atoms with Crippen molar-refractivity contribution in [1.29, 1.82) is 0 Å². The molecular weight excluding hydrogens is 394 g/mol. The number of rotatable bonds is 8. The summed E-state index contributed by atoms with van der Waals surface area (Å²) in [5, 5.41) is 2.94. The number of hydrogen-bond acceptors (Lipinski definition) is 5. The van der Waals surface area contributed by atoms with Crippen molar-refractivity contribution in [2.24, 2.45) is 5.73 Å². The molecule has 0 spiro atoms. The van der Waals surface area contributed by atoms with E-state index in [2.05, 4.69) is 22.4 Å². The lowest BCUT2D eigenvalue weighted by molar-refractivity contribution is -0.118. The average Bonchev–Trinajstić information content (AvgIpc) is 3.20. The summed E-state index contributed by atoms with van der Waals surface area (Å²) in [5.74, 6) is 1.51. The van der Waals surface area contributed by atoms with Gasteiger partial charge in [-0.1, -0.05) is 60.7 Å². The summed E-state index contributed by atoms with van der Waals surface area (Å²) in [5.41, 5.74) is 11.6. The third-order valence-corrected chi connectivity index (χ3v) is 5.63. The summed E-state index contributed by atoms with van der Waals surface area (Å²) in [6.45, 7) is 0.993. The van der Waals surface area contributed by atoms with Crippen LogP contribution in [0, 0.1) is 0 Å². The monoisotopic (exact) mass is 417 g/mol. The molecule has 1 aromatic heterocycles. The van der Waals surface area contributed by atoms with Crippen LogP contribution in [0.4, 0.5) is 0 Å². The highest BCUT2D eigenvalue weighted by Crippen LogP contribution is 2.25. The summed E-state index contributed by atoms with van der Waals surface area (Å²) in [6, 6.07) is 24.1. The van der Waals surface area contributed by atoms with Gasteiger partial charge in [-0.25, -0.2) is 4.98 Å². The summed E-state index contributed by atoms with van der Waals surface area (Å²) in [4.78, 5) is 16.7. The maximum absolute atomic E-state index is 12.1. The van der Waals surface area contributed by atoms with E-state index in [1.165, 1.54) is 11.8 Å². The zero-order chi connectivity index (χ0) is 20.8. The molecule has 0 bridgehead atoms. The van der Waals surface area contributed by atoms with Crippen LogP contribution in [0.25, 0.3) is 22.2 Å². The van der Waals surface area contributed by atoms with Gasteiger partial charge in [-0.15, -0.1) is 11.8 Å². The Morgan fingerprint density at radius 1 is 0.967 bits per heavy atom. The van der Waals surface area contributed by atoms with E-state index in [1.54, 1.807) is 0 Å². The van der Waals surface area contributed by atoms with Gasteiger partial charge in [0.2, 0.25) is 11.8 Å². The number of carbonyl (C=O) groups is 1. The molecule has 6 heteroatoms. The molecule has 0 fully saturated rings. The van der Waals surface area contributed by atoms with Crippen molar-refractivity contribution in [3.05, 3.63) is 89.8 Å². The number of carbonyl (C=O) groups excluding carboxylic acids is 1. The second-order valence-corrected chi connectivity index (χ2v) is 7.94. The van der Waals surface area contributed by atoms with Gasteiger partial charge in [-0.05, 0) is 34.4 Å². The van der Waals surface area contributed by atoms with Crippen molar-refractivity contribution < 1.29 is 9.21 Å². The quantitative estimate of drug-likeness (QED) is 0.441. The third-order valence-electron chi connectivity index (χ3n) is 4.71. The molecule has 0 saturated heterocycles. The van der Waals surface area contributed by atoms with Crippen LogP contribution >= 0.6 is 11.8 Å². The molecule has 0 aliphatic rings. The third kappa shape index (κ3) is 5.09. The first-order valence-electron chi connectivity index (χ1n) is 9.78. The van der Waals surface area contributed by atoms with E-state index in [-0.39, 0.29) is 5.91 Å². The molecule has 0 radical (unpaired) electrons. The number of nitrogens with two attached hydrogens (primary N) is 1. The van der Waals surface area contributed by atoms with Crippen molar-refractivity contribution in [3.63, 3.8) is 0 Å². The van der Waals surface area contributed by atoms with Crippen LogP contribution in [0.2, 0.25) is 0 Å². The van der Waals surface area contributed by atoms with Crippen LogP contribution in [0.15, 0.2) is 77.2 Å². The maximum Gasteiger partial charge on any atom is 0.230 e. The SMILES string of the molecule is NCc1cccc(CNC(=O)CSCc2nc3cc(-c4ccccc4)ccc3o2)c1. The van der Waals surface area contributed by atoms with Crippen molar-refractivity contribution >= 4 is 28.8 Å². The van der Waals surface area contributed by atoms with E-state index in [0.717, 1.165) is 33.4 Å². The first kappa shape index (κ1) is 20.2. The standard InChI is InChI=1S/C24H23N3O2S/c25-13-17-5-4-6-18(11-17)14-26-23(28)15-30-16-24-27-21-12-20(9-10-22(21)29-24)19-7-2-1-3-8-19/h1-12H,13-16,25H2,(H,26,28). The molecule has 0 unspecified atom stereocenters. The Hall–Kier alpha value is -3.09. The number of fused-ring (bicyclic) bond motifs is 1. The number of benzene rings is 3. The number of thioether (sulfide) groups is 1. The Bertz CT molecular complexity index is 1140. The van der Waals surface area contributed by atoms with Gasteiger partial charge in [0, 0.05) is 13.1 Å². The van der Waals surface area contributed by atoms with E-state index in [4.69, 9.17) is 10.2 Å². The van der Waals surface area contributed by atoms with Crippen LogP contribution in [0.1, 0.15) is 17.0 Å². The highest BCUT2D eigenvalue weighted by atomic mass is 32.2. The van der Waals surface area contributed by atoms with E-state index < -0.39 is 0 Å². The fourth-order valence-corrected chi connectivity index (χ4v) is 3.88. The highest BCUT2D eigenvalue weighted by Gasteiger charge is 2.09. The smallest absolute Gasteiger partial charge is 0.230 e. The lowest BCUT2D eigenvalue weighted by Crippen LogP contribution is -2.24. The van der Waals surface area contributed by atoms with Gasteiger partial charge in [0.15, 0.2) is 5.58 Å². The van der Waals surface area contributed by atoms with E-state index in [9.17, 15) is 4.79 Å². The maximum atomic E-state index is 12.1. The molecule has 3 aromatic carbocycles. The number of nitrogens with one attached hydrogen (secondary N) is 1. The molecule has 0 atom stereocenters. The summed E-state index contributed by atoms with van der Waals surface area (Å²) >= 11 is 1.48. The van der Waals surface area contributed by atoms with Gasteiger partial charge in [0.05, 0.1) is 11.5 Å². The highest BCUT2D eigenvalue weighted by molar-refractivity contribution is 7.99. The Labute approximate surface area is 179 Å². The Kier molecular flexibility index (Phi) is 6.47. The van der Waals surface area contributed by atoms with Crippen LogP contribution < -0.4 is 11.1 Å². The van der Waals surface area contributed by atoms with Crippen LogP contribution in [-0.2, 0) is 23.6 Å². The Balaban J connectivity index is 1.29. The van der Waals surface area contributed by atoms with Gasteiger partial charge in [0.25, 0.3) is 0 Å². The fourth-order valence-electron chi connectivity index (χ4n) is 3.20. The molecule has 0 aliphatic carbocycles. The van der Waals surface area contributed by atoms with Crippen molar-refractivity contribution in [2.75, 3.05) is 5.75 Å². The van der Waals surface area contributed by atoms with Gasteiger partial charge in [0.1, 0.15) is 5.52 Å². The number of aromatic nitrogens is 1. The predicted octanol–water partition coefficient (Wildman–Crippen LogP) is 4.50. The molecule has 1 heterocycles. The molecule has 152 valence electrons. The molecule has 5 nitrogen and oxygen atoms in total. The lowest BCUT2D eigenvalue weighted by Gasteiger charge is -2.06. The minimum Gasteiger partial charge on any atom is -0.440 e. The molecular formula is C24H23N3O2S. The topological polar surface area (TPSA) is 81.1 Å². The number of hydrogen-bond donors (Lipinski definition) is 2. The van der Waals surface area contributed by atoms with E-state index in [1.807, 2.05) is 60.7 Å². The Morgan fingerprint density at radius 2 is 1.80 bits per heavy atom. The first-order valence-corrected chi connectivity index (χ1v) is 10.9. The van der Waals surface area contributed by atoms with E-state index in [0.29, 0.717) is 30.5 Å². The van der Waals surface area contributed by atoms with Crippen LogP contribution in [0.3, 0.4) is 0 Å². The summed E-state index contributed by atoms with van der Waals surface area (Å²) in [7, 11) is 0. The van der Waals surface area contributed by atoms with Crippen molar-refractivity contribution in [3.8, 4) is 11.1 Å². The average molecular weight is 418 g/mol. The van der Waals surface area contributed by atoms with Crippen LogP contribution in [-0.4, -0.2) is 16.6 Å². The summed E-state index contributed by atoms with van der Waals surface area (Å²) in [6.07, 6.45) is 0. The molecule has 1 amide bonds. The zero-order valence-electron chi connectivity index (χ0n) is 16.5. The second-order valence-electron chi connectivity index (χ2n) is 6.95. The van der Waals surface area contributed by atoms with Crippen LogP contribution in [0.5, 0.6) is 0 Å². The van der Waals surface area contributed by atoms with Gasteiger partial charge in [-0.2, -0.15) is 0 Å². The molecule has 0 saturated carbocycles. The molecule has 4 rings (SSSR count). The minimum atomic E-state index is -0.0133. The summed E-state index contributed by atoms with van der Waals surface area (Å²) < 4.78 is 5.82.